The third kappa shape index (κ3) is 2.10. The maximum Gasteiger partial charge on any atom is 0.250 e. The smallest absolute Gasteiger partial charge is 0.250 e. The summed E-state index contributed by atoms with van der Waals surface area (Å²) in [5.41, 5.74) is 0. The molecule has 2 aromatic heterocycles. The van der Waals surface area contributed by atoms with E-state index in [1.54, 1.807) is 54.1 Å². The van der Waals surface area contributed by atoms with Crippen molar-refractivity contribution in [3.8, 4) is 0 Å². The Morgan fingerprint density at radius 1 is 1.50 bits per heavy atom. The first-order valence-corrected chi connectivity index (χ1v) is 4.96. The van der Waals surface area contributed by atoms with Crippen molar-refractivity contribution >= 4 is 11.7 Å². The van der Waals surface area contributed by atoms with E-state index in [0.29, 0.717) is 5.82 Å². The Hall–Kier alpha value is -2.11. The van der Waals surface area contributed by atoms with E-state index in [1.807, 2.05) is 0 Å². The summed E-state index contributed by atoms with van der Waals surface area (Å²) in [4.78, 5) is 11.8. The first kappa shape index (κ1) is 10.4. The predicted molar refractivity (Wildman–Crippen MR) is 58.8 cm³/mol. The van der Waals surface area contributed by atoms with Gasteiger partial charge in [0.05, 0.1) is 0 Å². The SMILES string of the molecule is CC(C(=O)Nc1ccn(C)n1)n1cccn1. The van der Waals surface area contributed by atoms with E-state index < -0.39 is 0 Å². The van der Waals surface area contributed by atoms with Crippen LogP contribution in [0.4, 0.5) is 5.82 Å². The number of aryl methyl sites for hydroxylation is 1. The van der Waals surface area contributed by atoms with Gasteiger partial charge in [0.2, 0.25) is 5.91 Å². The number of nitrogens with one attached hydrogen (secondary N) is 1. The molecule has 0 fully saturated rings. The average molecular weight is 219 g/mol. The number of carbonyl (C=O) groups is 1. The summed E-state index contributed by atoms with van der Waals surface area (Å²) in [5, 5.41) is 10.8. The molecule has 84 valence electrons. The van der Waals surface area contributed by atoms with E-state index >= 15 is 0 Å². The molecule has 0 bridgehead atoms. The van der Waals surface area contributed by atoms with Crippen LogP contribution in [0.3, 0.4) is 0 Å². The zero-order valence-electron chi connectivity index (χ0n) is 9.16. The Balaban J connectivity index is 2.03. The number of anilines is 1. The van der Waals surface area contributed by atoms with Crippen LogP contribution in [-0.4, -0.2) is 25.5 Å². The van der Waals surface area contributed by atoms with E-state index in [9.17, 15) is 4.79 Å². The minimum atomic E-state index is -0.350. The highest BCUT2D eigenvalue weighted by Crippen LogP contribution is 2.08. The molecule has 0 aliphatic carbocycles. The fourth-order valence-electron chi connectivity index (χ4n) is 1.34. The molecule has 1 N–H and O–H groups in total. The van der Waals surface area contributed by atoms with Crippen molar-refractivity contribution in [3.63, 3.8) is 0 Å². The maximum absolute atomic E-state index is 11.8. The molecule has 2 aromatic rings. The molecule has 2 rings (SSSR count). The molecule has 0 aliphatic rings. The summed E-state index contributed by atoms with van der Waals surface area (Å²) >= 11 is 0. The van der Waals surface area contributed by atoms with E-state index in [-0.39, 0.29) is 11.9 Å². The van der Waals surface area contributed by atoms with Gasteiger partial charge in [0.1, 0.15) is 6.04 Å². The minimum absolute atomic E-state index is 0.137. The fraction of sp³-hybridized carbons (Fsp3) is 0.300. The second-order valence-electron chi connectivity index (χ2n) is 3.53. The molecule has 0 aliphatic heterocycles. The van der Waals surface area contributed by atoms with Crippen LogP contribution in [0.1, 0.15) is 13.0 Å². The summed E-state index contributed by atoms with van der Waals surface area (Å²) in [7, 11) is 1.80. The van der Waals surface area contributed by atoms with E-state index in [1.165, 1.54) is 0 Å². The van der Waals surface area contributed by atoms with Gasteiger partial charge in [-0.15, -0.1) is 0 Å². The van der Waals surface area contributed by atoms with Crippen LogP contribution in [0.5, 0.6) is 0 Å². The molecular formula is C10H13N5O. The largest absolute Gasteiger partial charge is 0.307 e. The third-order valence-electron chi connectivity index (χ3n) is 2.27. The summed E-state index contributed by atoms with van der Waals surface area (Å²) < 4.78 is 3.23. The monoisotopic (exact) mass is 219 g/mol. The Morgan fingerprint density at radius 3 is 2.88 bits per heavy atom. The maximum atomic E-state index is 11.8. The van der Waals surface area contributed by atoms with Crippen LogP contribution in [-0.2, 0) is 11.8 Å². The van der Waals surface area contributed by atoms with Crippen molar-refractivity contribution in [1.29, 1.82) is 0 Å². The van der Waals surface area contributed by atoms with Crippen molar-refractivity contribution in [2.24, 2.45) is 7.05 Å². The highest BCUT2D eigenvalue weighted by molar-refractivity contribution is 5.92. The van der Waals surface area contributed by atoms with Gasteiger partial charge < -0.3 is 5.32 Å². The second kappa shape index (κ2) is 4.18. The van der Waals surface area contributed by atoms with Crippen LogP contribution < -0.4 is 5.32 Å². The summed E-state index contributed by atoms with van der Waals surface area (Å²) in [6.45, 7) is 1.78. The van der Waals surface area contributed by atoms with Gasteiger partial charge in [0, 0.05) is 31.7 Å². The standard InChI is InChI=1S/C10H13N5O/c1-8(15-6-3-5-11-15)10(16)12-9-4-7-14(2)13-9/h3-8H,1-2H3,(H,12,13,16). The van der Waals surface area contributed by atoms with Crippen LogP contribution in [0.15, 0.2) is 30.7 Å². The first-order chi connectivity index (χ1) is 7.66. The molecule has 1 atom stereocenters. The van der Waals surface area contributed by atoms with Crippen molar-refractivity contribution in [2.75, 3.05) is 5.32 Å². The second-order valence-corrected chi connectivity index (χ2v) is 3.53. The average Bonchev–Trinajstić information content (AvgIpc) is 2.88. The van der Waals surface area contributed by atoms with Gasteiger partial charge in [-0.1, -0.05) is 0 Å². The lowest BCUT2D eigenvalue weighted by molar-refractivity contribution is -0.119. The molecule has 0 aromatic carbocycles. The van der Waals surface area contributed by atoms with Gasteiger partial charge in [-0.25, -0.2) is 0 Å². The molecule has 1 amide bonds. The number of rotatable bonds is 3. The van der Waals surface area contributed by atoms with Gasteiger partial charge in [-0.3, -0.25) is 14.2 Å². The van der Waals surface area contributed by atoms with Gasteiger partial charge >= 0.3 is 0 Å². The number of carbonyl (C=O) groups excluding carboxylic acids is 1. The Kier molecular flexibility index (Phi) is 2.72. The van der Waals surface area contributed by atoms with Gasteiger partial charge in [-0.05, 0) is 13.0 Å². The van der Waals surface area contributed by atoms with Crippen molar-refractivity contribution < 1.29 is 4.79 Å². The highest BCUT2D eigenvalue weighted by atomic mass is 16.2. The normalized spacial score (nSPS) is 12.4. The Bertz CT molecular complexity index is 473. The molecule has 6 nitrogen and oxygen atoms in total. The first-order valence-electron chi connectivity index (χ1n) is 4.96. The van der Waals surface area contributed by atoms with E-state index in [0.717, 1.165) is 0 Å². The zero-order valence-corrected chi connectivity index (χ0v) is 9.16. The molecule has 2 heterocycles. The molecule has 0 radical (unpaired) electrons. The predicted octanol–water partition coefficient (Wildman–Crippen LogP) is 0.816. The van der Waals surface area contributed by atoms with Crippen LogP contribution >= 0.6 is 0 Å². The third-order valence-corrected chi connectivity index (χ3v) is 2.27. The molecule has 0 spiro atoms. The Morgan fingerprint density at radius 2 is 2.31 bits per heavy atom. The van der Waals surface area contributed by atoms with Crippen molar-refractivity contribution in [3.05, 3.63) is 30.7 Å². The highest BCUT2D eigenvalue weighted by Gasteiger charge is 2.15. The molecule has 0 saturated carbocycles. The summed E-state index contributed by atoms with van der Waals surface area (Å²) in [6, 6.07) is 3.18. The molecule has 16 heavy (non-hydrogen) atoms. The lowest BCUT2D eigenvalue weighted by atomic mass is 10.3. The van der Waals surface area contributed by atoms with Crippen molar-refractivity contribution in [1.82, 2.24) is 19.6 Å². The fourth-order valence-corrected chi connectivity index (χ4v) is 1.34. The number of hydrogen-bond acceptors (Lipinski definition) is 3. The summed E-state index contributed by atoms with van der Waals surface area (Å²) in [6.07, 6.45) is 5.17. The molecular weight excluding hydrogens is 206 g/mol. The van der Waals surface area contributed by atoms with Gasteiger partial charge in [-0.2, -0.15) is 10.2 Å². The minimum Gasteiger partial charge on any atom is -0.307 e. The van der Waals surface area contributed by atoms with Crippen LogP contribution in [0.2, 0.25) is 0 Å². The Labute approximate surface area is 92.9 Å². The van der Waals surface area contributed by atoms with E-state index in [2.05, 4.69) is 15.5 Å². The van der Waals surface area contributed by atoms with E-state index in [4.69, 9.17) is 0 Å². The lowest BCUT2D eigenvalue weighted by Gasteiger charge is -2.10. The molecule has 0 saturated heterocycles. The number of hydrogen-bond donors (Lipinski definition) is 1. The molecule has 6 heteroatoms. The molecule has 1 unspecified atom stereocenters. The lowest BCUT2D eigenvalue weighted by Crippen LogP contribution is -2.24. The van der Waals surface area contributed by atoms with Gasteiger partial charge in [0.25, 0.3) is 0 Å². The zero-order chi connectivity index (χ0) is 11.5. The van der Waals surface area contributed by atoms with Crippen molar-refractivity contribution in [2.45, 2.75) is 13.0 Å². The number of amides is 1. The van der Waals surface area contributed by atoms with Crippen LogP contribution in [0, 0.1) is 0 Å². The number of nitrogens with zero attached hydrogens (tertiary/aromatic N) is 4. The van der Waals surface area contributed by atoms with Gasteiger partial charge in [0.15, 0.2) is 5.82 Å². The summed E-state index contributed by atoms with van der Waals surface area (Å²) in [5.74, 6) is 0.411. The quantitative estimate of drug-likeness (QED) is 0.831. The topological polar surface area (TPSA) is 64.7 Å². The van der Waals surface area contributed by atoms with Crippen LogP contribution in [0.25, 0.3) is 0 Å². The number of aromatic nitrogens is 4.